The Hall–Kier alpha value is -2.83. The molecule has 4 heterocycles. The largest absolute Gasteiger partial charge is 0.460 e. The fourth-order valence-electron chi connectivity index (χ4n) is 3.64. The summed E-state index contributed by atoms with van der Waals surface area (Å²) in [6, 6.07) is 14.5. The van der Waals surface area contributed by atoms with Crippen molar-refractivity contribution in [2.24, 2.45) is 10.1 Å². The SMILES string of the molecule is CC(=Nn1c(-c2cccs2)csc1=Nc1ccc(S(=O)(=O)N2CCOCC2)cc1)c1ccc(C)o1. The van der Waals surface area contributed by atoms with Gasteiger partial charge in [-0.15, -0.1) is 22.7 Å². The van der Waals surface area contributed by atoms with Gasteiger partial charge in [0.2, 0.25) is 14.8 Å². The minimum Gasteiger partial charge on any atom is -0.460 e. The average Bonchev–Trinajstić information content (AvgIpc) is 3.62. The Morgan fingerprint density at radius 1 is 1.03 bits per heavy atom. The molecule has 1 aliphatic rings. The number of hydrogen-bond donors (Lipinski definition) is 0. The normalized spacial score (nSPS) is 16.2. The molecule has 0 unspecified atom stereocenters. The molecule has 1 saturated heterocycles. The van der Waals surface area contributed by atoms with E-state index in [4.69, 9.17) is 19.2 Å². The number of thiazole rings is 1. The van der Waals surface area contributed by atoms with Crippen LogP contribution in [-0.2, 0) is 14.8 Å². The first kappa shape index (κ1) is 23.9. The predicted molar refractivity (Wildman–Crippen MR) is 138 cm³/mol. The van der Waals surface area contributed by atoms with Gasteiger partial charge in [-0.25, -0.2) is 18.1 Å². The lowest BCUT2D eigenvalue weighted by atomic mass is 10.3. The number of rotatable bonds is 6. The second kappa shape index (κ2) is 10.0. The van der Waals surface area contributed by atoms with Gasteiger partial charge in [0.15, 0.2) is 0 Å². The number of aryl methyl sites for hydroxylation is 1. The molecule has 1 fully saturated rings. The van der Waals surface area contributed by atoms with Gasteiger partial charge in [-0.3, -0.25) is 0 Å². The van der Waals surface area contributed by atoms with Gasteiger partial charge >= 0.3 is 0 Å². The number of furan rings is 1. The maximum absolute atomic E-state index is 12.9. The lowest BCUT2D eigenvalue weighted by molar-refractivity contribution is 0.0730. The smallest absolute Gasteiger partial charge is 0.243 e. The Balaban J connectivity index is 1.52. The summed E-state index contributed by atoms with van der Waals surface area (Å²) in [4.78, 5) is 6.77. The fourth-order valence-corrected chi connectivity index (χ4v) is 6.69. The molecule has 0 spiro atoms. The van der Waals surface area contributed by atoms with Crippen LogP contribution in [0.2, 0.25) is 0 Å². The lowest BCUT2D eigenvalue weighted by Gasteiger charge is -2.26. The van der Waals surface area contributed by atoms with Crippen LogP contribution < -0.4 is 4.80 Å². The molecule has 11 heteroatoms. The van der Waals surface area contributed by atoms with Gasteiger partial charge in [-0.1, -0.05) is 6.07 Å². The van der Waals surface area contributed by atoms with Crippen molar-refractivity contribution in [3.8, 4) is 10.6 Å². The summed E-state index contributed by atoms with van der Waals surface area (Å²) in [6.07, 6.45) is 0. The van der Waals surface area contributed by atoms with Crippen LogP contribution in [0.15, 0.2) is 78.7 Å². The van der Waals surface area contributed by atoms with Crippen molar-refractivity contribution >= 4 is 44.1 Å². The summed E-state index contributed by atoms with van der Waals surface area (Å²) in [5.74, 6) is 1.52. The first-order valence-electron chi connectivity index (χ1n) is 11.0. The average molecular weight is 529 g/mol. The first-order valence-corrected chi connectivity index (χ1v) is 14.2. The zero-order valence-corrected chi connectivity index (χ0v) is 21.7. The number of ether oxygens (including phenoxy) is 1. The third-order valence-electron chi connectivity index (χ3n) is 5.48. The van der Waals surface area contributed by atoms with Crippen molar-refractivity contribution in [3.05, 3.63) is 75.6 Å². The van der Waals surface area contributed by atoms with E-state index in [0.29, 0.717) is 42.6 Å². The molecule has 0 atom stereocenters. The van der Waals surface area contributed by atoms with Gasteiger partial charge < -0.3 is 9.15 Å². The quantitative estimate of drug-likeness (QED) is 0.339. The summed E-state index contributed by atoms with van der Waals surface area (Å²) in [5, 5.41) is 8.86. The van der Waals surface area contributed by atoms with Gasteiger partial charge in [-0.2, -0.15) is 9.41 Å². The highest BCUT2D eigenvalue weighted by molar-refractivity contribution is 7.89. The third-order valence-corrected chi connectivity index (χ3v) is 9.10. The minimum absolute atomic E-state index is 0.249. The summed E-state index contributed by atoms with van der Waals surface area (Å²) < 4.78 is 40.1. The molecule has 0 N–H and O–H groups in total. The molecule has 35 heavy (non-hydrogen) atoms. The highest BCUT2D eigenvalue weighted by Crippen LogP contribution is 2.26. The Kier molecular flexibility index (Phi) is 6.85. The van der Waals surface area contributed by atoms with Crippen LogP contribution in [0.1, 0.15) is 18.4 Å². The molecule has 1 aliphatic heterocycles. The summed E-state index contributed by atoms with van der Waals surface area (Å²) in [6.45, 7) is 5.35. The molecule has 0 amide bonds. The molecule has 182 valence electrons. The number of nitrogens with zero attached hydrogens (tertiary/aromatic N) is 4. The van der Waals surface area contributed by atoms with E-state index in [9.17, 15) is 8.42 Å². The number of aromatic nitrogens is 1. The van der Waals surface area contributed by atoms with E-state index in [1.807, 2.05) is 53.5 Å². The van der Waals surface area contributed by atoms with Crippen molar-refractivity contribution in [2.75, 3.05) is 26.3 Å². The Bertz CT molecular complexity index is 1510. The zero-order valence-electron chi connectivity index (χ0n) is 19.2. The topological polar surface area (TPSA) is 89.4 Å². The van der Waals surface area contributed by atoms with Gasteiger partial charge in [0.05, 0.1) is 34.4 Å². The molecule has 8 nitrogen and oxygen atoms in total. The number of benzene rings is 1. The van der Waals surface area contributed by atoms with Gasteiger partial charge in [-0.05, 0) is 61.7 Å². The van der Waals surface area contributed by atoms with E-state index in [2.05, 4.69) is 0 Å². The Morgan fingerprint density at radius 2 is 1.80 bits per heavy atom. The molecule has 0 saturated carbocycles. The number of thiophene rings is 1. The molecule has 1 aromatic carbocycles. The second-order valence-electron chi connectivity index (χ2n) is 7.91. The van der Waals surface area contributed by atoms with E-state index in [0.717, 1.165) is 22.0 Å². The van der Waals surface area contributed by atoms with Gasteiger partial charge in [0.25, 0.3) is 0 Å². The Morgan fingerprint density at radius 3 is 2.46 bits per heavy atom. The van der Waals surface area contributed by atoms with E-state index in [1.165, 1.54) is 15.6 Å². The van der Waals surface area contributed by atoms with Gasteiger partial charge in [0, 0.05) is 18.5 Å². The van der Waals surface area contributed by atoms with Crippen LogP contribution in [0.25, 0.3) is 10.6 Å². The van der Waals surface area contributed by atoms with Crippen LogP contribution in [-0.4, -0.2) is 49.4 Å². The predicted octanol–water partition coefficient (Wildman–Crippen LogP) is 4.71. The van der Waals surface area contributed by atoms with Crippen LogP contribution >= 0.6 is 22.7 Å². The lowest BCUT2D eigenvalue weighted by Crippen LogP contribution is -2.40. The molecule has 5 rings (SSSR count). The maximum atomic E-state index is 12.9. The third kappa shape index (κ3) is 5.09. The molecule has 0 aliphatic carbocycles. The van der Waals surface area contributed by atoms with Crippen LogP contribution in [0, 0.1) is 6.92 Å². The van der Waals surface area contributed by atoms with Crippen LogP contribution in [0.3, 0.4) is 0 Å². The molecular formula is C24H24N4O4S3. The highest BCUT2D eigenvalue weighted by Gasteiger charge is 2.26. The van der Waals surface area contributed by atoms with E-state index in [1.54, 1.807) is 35.6 Å². The van der Waals surface area contributed by atoms with Crippen LogP contribution in [0.5, 0.6) is 0 Å². The molecular weight excluding hydrogens is 504 g/mol. The first-order chi connectivity index (χ1) is 16.9. The zero-order chi connectivity index (χ0) is 24.4. The maximum Gasteiger partial charge on any atom is 0.243 e. The number of hydrogen-bond acceptors (Lipinski definition) is 8. The monoisotopic (exact) mass is 528 g/mol. The van der Waals surface area contributed by atoms with E-state index in [-0.39, 0.29) is 4.90 Å². The summed E-state index contributed by atoms with van der Waals surface area (Å²) in [5.41, 5.74) is 2.29. The van der Waals surface area contributed by atoms with E-state index < -0.39 is 10.0 Å². The number of sulfonamides is 1. The van der Waals surface area contributed by atoms with Crippen molar-refractivity contribution in [1.82, 2.24) is 8.98 Å². The molecule has 0 bridgehead atoms. The van der Waals surface area contributed by atoms with E-state index >= 15 is 0 Å². The number of morpholine rings is 1. The summed E-state index contributed by atoms with van der Waals surface area (Å²) >= 11 is 3.10. The van der Waals surface area contributed by atoms with Crippen molar-refractivity contribution in [2.45, 2.75) is 18.7 Å². The molecule has 3 aromatic heterocycles. The van der Waals surface area contributed by atoms with Crippen molar-refractivity contribution < 1.29 is 17.6 Å². The molecule has 0 radical (unpaired) electrons. The standard InChI is InChI=1S/C24H24N4O4S3/c1-17-5-10-22(32-17)18(2)26-28-21(23-4-3-15-33-23)16-34-24(28)25-19-6-8-20(9-7-19)35(29,30)27-11-13-31-14-12-27/h3-10,15-16H,11-14H2,1-2H3. The second-order valence-corrected chi connectivity index (χ2v) is 11.6. The van der Waals surface area contributed by atoms with Crippen LogP contribution in [0.4, 0.5) is 5.69 Å². The van der Waals surface area contributed by atoms with Gasteiger partial charge in [0.1, 0.15) is 17.2 Å². The fraction of sp³-hybridized carbons (Fsp3) is 0.250. The summed E-state index contributed by atoms with van der Waals surface area (Å²) in [7, 11) is -3.55. The van der Waals surface area contributed by atoms with Crippen molar-refractivity contribution in [3.63, 3.8) is 0 Å². The molecule has 4 aromatic rings. The highest BCUT2D eigenvalue weighted by atomic mass is 32.2. The minimum atomic E-state index is -3.55. The van der Waals surface area contributed by atoms with Crippen molar-refractivity contribution in [1.29, 1.82) is 0 Å². The Labute approximate surface area is 211 Å².